The second-order valence-electron chi connectivity index (χ2n) is 8.20. The second-order valence-corrected chi connectivity index (χ2v) is 9.47. The fourth-order valence-corrected chi connectivity index (χ4v) is 4.59. The summed E-state index contributed by atoms with van der Waals surface area (Å²) in [6, 6.07) is 28.3. The van der Waals surface area contributed by atoms with Crippen molar-refractivity contribution in [3.8, 4) is 5.75 Å². The molecule has 0 aromatic heterocycles. The van der Waals surface area contributed by atoms with E-state index in [0.29, 0.717) is 36.8 Å². The summed E-state index contributed by atoms with van der Waals surface area (Å²) in [5, 5.41) is 2.89. The Bertz CT molecular complexity index is 1190. The Morgan fingerprint density at radius 2 is 1.58 bits per heavy atom. The summed E-state index contributed by atoms with van der Waals surface area (Å²) < 4.78 is 27.3. The van der Waals surface area contributed by atoms with Crippen LogP contribution in [0.5, 0.6) is 5.75 Å². The predicted octanol–water partition coefficient (Wildman–Crippen LogP) is 4.89. The van der Waals surface area contributed by atoms with Crippen LogP contribution in [0.2, 0.25) is 0 Å². The van der Waals surface area contributed by atoms with E-state index in [1.807, 2.05) is 103 Å². The summed E-state index contributed by atoms with van der Waals surface area (Å²) in [5.41, 5.74) is 2.21. The zero-order valence-electron chi connectivity index (χ0n) is 21.7. The van der Waals surface area contributed by atoms with Crippen LogP contribution in [0.3, 0.4) is 0 Å². The third-order valence-electron chi connectivity index (χ3n) is 5.51. The van der Waals surface area contributed by atoms with Gasteiger partial charge in [0.2, 0.25) is 5.76 Å². The monoisotopic (exact) mass is 533 g/mol. The van der Waals surface area contributed by atoms with Crippen LogP contribution in [0.1, 0.15) is 12.5 Å². The molecule has 38 heavy (non-hydrogen) atoms. The van der Waals surface area contributed by atoms with Gasteiger partial charge in [-0.25, -0.2) is 8.93 Å². The zero-order valence-corrected chi connectivity index (χ0v) is 22.5. The molecule has 3 aromatic rings. The minimum absolute atomic E-state index is 0.146. The predicted molar refractivity (Wildman–Crippen MR) is 154 cm³/mol. The normalized spacial score (nSPS) is 12.1. The molecule has 3 aromatic carbocycles. The first-order valence-electron chi connectivity index (χ1n) is 12.5. The number of benzene rings is 3. The molecule has 0 aliphatic carbocycles. The molecule has 0 saturated heterocycles. The van der Waals surface area contributed by atoms with E-state index in [0.717, 1.165) is 11.3 Å². The number of hydrogen-bond donors (Lipinski definition) is 2. The first kappa shape index (κ1) is 28.7. The minimum Gasteiger partial charge on any atom is -0.490 e. The zero-order chi connectivity index (χ0) is 27.0. The van der Waals surface area contributed by atoms with Gasteiger partial charge in [-0.05, 0) is 42.8 Å². The maximum atomic E-state index is 13.3. The van der Waals surface area contributed by atoms with Gasteiger partial charge in [0.05, 0.1) is 22.4 Å². The number of amides is 1. The minimum atomic E-state index is -1.22. The van der Waals surface area contributed by atoms with Crippen molar-refractivity contribution in [3.05, 3.63) is 121 Å². The highest BCUT2D eigenvalue weighted by atomic mass is 32.2. The number of ether oxygens (including phenoxy) is 2. The van der Waals surface area contributed by atoms with Crippen molar-refractivity contribution in [1.29, 1.82) is 0 Å². The van der Waals surface area contributed by atoms with Gasteiger partial charge >= 0.3 is 0 Å². The first-order valence-corrected chi connectivity index (χ1v) is 13.9. The van der Waals surface area contributed by atoms with Crippen LogP contribution in [0.25, 0.3) is 0 Å². The number of nitrogens with one attached hydrogen (secondary N) is 2. The van der Waals surface area contributed by atoms with Crippen molar-refractivity contribution in [2.45, 2.75) is 12.7 Å². The molecule has 0 aliphatic rings. The van der Waals surface area contributed by atoms with E-state index in [-0.39, 0.29) is 24.9 Å². The summed E-state index contributed by atoms with van der Waals surface area (Å²) >= 11 is 0. The summed E-state index contributed by atoms with van der Waals surface area (Å²) in [6.07, 6.45) is 1.61. The van der Waals surface area contributed by atoms with Crippen molar-refractivity contribution in [1.82, 2.24) is 9.62 Å². The highest BCUT2D eigenvalue weighted by Gasteiger charge is 2.20. The van der Waals surface area contributed by atoms with Crippen molar-refractivity contribution >= 4 is 22.6 Å². The lowest BCUT2D eigenvalue weighted by Crippen LogP contribution is -2.34. The topological polar surface area (TPSA) is 79.9 Å². The standard InChI is InChI=1S/C30H35N3O4S/c1-3-28(33(4-2)21-20-31-38(35)24-25-14-8-5-9-15-25)29(30(34)32-26-16-10-6-11-17-26)37-23-22-36-27-18-12-7-13-19-27/h3,5-19,31H,1,4,20-24H2,2H3,(H,32,34)/b29-28-. The molecule has 0 saturated carbocycles. The van der Waals surface area contributed by atoms with Crippen LogP contribution in [0, 0.1) is 0 Å². The van der Waals surface area contributed by atoms with Crippen molar-refractivity contribution in [2.75, 3.05) is 38.2 Å². The van der Waals surface area contributed by atoms with Gasteiger partial charge in [-0.15, -0.1) is 0 Å². The summed E-state index contributed by atoms with van der Waals surface area (Å²) in [4.78, 5) is 15.3. The average molecular weight is 534 g/mol. The van der Waals surface area contributed by atoms with Crippen LogP contribution in [-0.4, -0.2) is 47.9 Å². The number of hydrogen-bond acceptors (Lipinski definition) is 5. The molecule has 200 valence electrons. The molecule has 0 spiro atoms. The van der Waals surface area contributed by atoms with Gasteiger partial charge in [-0.3, -0.25) is 4.79 Å². The third kappa shape index (κ3) is 9.53. The molecular formula is C30H35N3O4S. The van der Waals surface area contributed by atoms with Gasteiger partial charge in [-0.1, -0.05) is 73.3 Å². The Morgan fingerprint density at radius 3 is 2.21 bits per heavy atom. The number of carbonyl (C=O) groups excluding carboxylic acids is 1. The fraction of sp³-hybridized carbons (Fsp3) is 0.233. The lowest BCUT2D eigenvalue weighted by Gasteiger charge is -2.26. The number of likely N-dealkylation sites (N-methyl/N-ethyl adjacent to an activating group) is 1. The molecule has 3 rings (SSSR count). The molecular weight excluding hydrogens is 498 g/mol. The second kappa shape index (κ2) is 16.1. The molecule has 0 fully saturated rings. The largest absolute Gasteiger partial charge is 0.490 e. The number of carbonyl (C=O) groups is 1. The Hall–Kier alpha value is -3.88. The molecule has 0 heterocycles. The van der Waals surface area contributed by atoms with Crippen LogP contribution in [-0.2, 0) is 26.3 Å². The van der Waals surface area contributed by atoms with E-state index in [2.05, 4.69) is 16.6 Å². The summed E-state index contributed by atoms with van der Waals surface area (Å²) in [5.74, 6) is 0.911. The number of rotatable bonds is 16. The SMILES string of the molecule is C=C/C(=C(/OCCOc1ccccc1)C(=O)Nc1ccccc1)N(CC)CCNS(=O)Cc1ccccc1. The highest BCUT2D eigenvalue weighted by Crippen LogP contribution is 2.17. The number of para-hydroxylation sites is 2. The number of allylic oxidation sites excluding steroid dienone is 1. The van der Waals surface area contributed by atoms with Gasteiger partial charge in [0.15, 0.2) is 0 Å². The van der Waals surface area contributed by atoms with Crippen molar-refractivity contribution in [2.24, 2.45) is 0 Å². The van der Waals surface area contributed by atoms with Crippen molar-refractivity contribution < 1.29 is 18.5 Å². The highest BCUT2D eigenvalue weighted by molar-refractivity contribution is 7.82. The Balaban J connectivity index is 1.68. The van der Waals surface area contributed by atoms with Gasteiger partial charge < -0.3 is 19.7 Å². The first-order chi connectivity index (χ1) is 18.6. The number of nitrogens with zero attached hydrogens (tertiary/aromatic N) is 1. The van der Waals surface area contributed by atoms with Crippen LogP contribution < -0.4 is 14.8 Å². The molecule has 0 aliphatic heterocycles. The molecule has 8 heteroatoms. The molecule has 0 radical (unpaired) electrons. The van der Waals surface area contributed by atoms with E-state index in [9.17, 15) is 9.00 Å². The molecule has 1 atom stereocenters. The maximum absolute atomic E-state index is 13.3. The van der Waals surface area contributed by atoms with Crippen molar-refractivity contribution in [3.63, 3.8) is 0 Å². The average Bonchev–Trinajstić information content (AvgIpc) is 2.95. The van der Waals surface area contributed by atoms with Gasteiger partial charge in [0.25, 0.3) is 5.91 Å². The van der Waals surface area contributed by atoms with Gasteiger partial charge in [0, 0.05) is 25.3 Å². The van der Waals surface area contributed by atoms with E-state index >= 15 is 0 Å². The van der Waals surface area contributed by atoms with Crippen LogP contribution in [0.15, 0.2) is 115 Å². The Labute approximate surface area is 227 Å². The fourth-order valence-electron chi connectivity index (χ4n) is 3.67. The maximum Gasteiger partial charge on any atom is 0.292 e. The van der Waals surface area contributed by atoms with E-state index in [1.165, 1.54) is 0 Å². The number of anilines is 1. The van der Waals surface area contributed by atoms with E-state index in [4.69, 9.17) is 9.47 Å². The van der Waals surface area contributed by atoms with Gasteiger partial charge in [0.1, 0.15) is 19.0 Å². The Morgan fingerprint density at radius 1 is 0.947 bits per heavy atom. The molecule has 1 unspecified atom stereocenters. The molecule has 7 nitrogen and oxygen atoms in total. The third-order valence-corrected chi connectivity index (χ3v) is 6.63. The Kier molecular flexibility index (Phi) is 12.1. The molecule has 2 N–H and O–H groups in total. The van der Waals surface area contributed by atoms with Crippen LogP contribution in [0.4, 0.5) is 5.69 Å². The quantitative estimate of drug-likeness (QED) is 0.119. The smallest absolute Gasteiger partial charge is 0.292 e. The van der Waals surface area contributed by atoms with Gasteiger partial charge in [-0.2, -0.15) is 0 Å². The van der Waals surface area contributed by atoms with E-state index < -0.39 is 11.0 Å². The van der Waals surface area contributed by atoms with Crippen LogP contribution >= 0.6 is 0 Å². The summed E-state index contributed by atoms with van der Waals surface area (Å²) in [7, 11) is -1.22. The lowest BCUT2D eigenvalue weighted by molar-refractivity contribution is -0.116. The summed E-state index contributed by atoms with van der Waals surface area (Å²) in [6.45, 7) is 7.92. The molecule has 1 amide bonds. The lowest BCUT2D eigenvalue weighted by atomic mass is 10.2. The van der Waals surface area contributed by atoms with E-state index in [1.54, 1.807) is 6.08 Å². The molecule has 0 bridgehead atoms.